The number of nitrogens with zero attached hydrogens (tertiary/aromatic N) is 3. The van der Waals surface area contributed by atoms with Crippen LogP contribution in [0.25, 0.3) is 0 Å². The molecule has 1 aromatic heterocycles. The van der Waals surface area contributed by atoms with Crippen LogP contribution >= 0.6 is 0 Å². The second-order valence-electron chi connectivity index (χ2n) is 10.2. The van der Waals surface area contributed by atoms with Crippen molar-refractivity contribution >= 4 is 17.5 Å². The molecule has 2 heterocycles. The van der Waals surface area contributed by atoms with Gasteiger partial charge in [0.2, 0.25) is 5.91 Å². The van der Waals surface area contributed by atoms with Gasteiger partial charge in [0.05, 0.1) is 12.2 Å². The van der Waals surface area contributed by atoms with E-state index in [1.807, 2.05) is 75.4 Å². The predicted molar refractivity (Wildman–Crippen MR) is 130 cm³/mol. The molecule has 0 radical (unpaired) electrons. The molecule has 0 bridgehead atoms. The molecule has 0 unspecified atom stereocenters. The molecule has 1 aliphatic heterocycles. The van der Waals surface area contributed by atoms with E-state index < -0.39 is 5.54 Å². The van der Waals surface area contributed by atoms with Crippen LogP contribution in [-0.4, -0.2) is 27.1 Å². The number of nitrogens with one attached hydrogen (secondary N) is 1. The fraction of sp³-hybridized carbons (Fsp3) is 0.370. The van der Waals surface area contributed by atoms with Crippen molar-refractivity contribution in [3.8, 4) is 0 Å². The molecule has 1 N–H and O–H groups in total. The summed E-state index contributed by atoms with van der Waals surface area (Å²) in [5, 5.41) is 7.78. The molecule has 2 amide bonds. The van der Waals surface area contributed by atoms with Gasteiger partial charge in [-0.05, 0) is 44.0 Å². The van der Waals surface area contributed by atoms with Gasteiger partial charge in [-0.1, -0.05) is 68.8 Å². The van der Waals surface area contributed by atoms with E-state index in [2.05, 4.69) is 26.1 Å². The normalized spacial score (nSPS) is 18.2. The number of carbonyl (C=O) groups excluding carboxylic acids is 2. The van der Waals surface area contributed by atoms with Gasteiger partial charge in [-0.3, -0.25) is 19.2 Å². The molecular formula is C27H32N4O2. The number of aryl methyl sites for hydroxylation is 2. The number of aromatic nitrogens is 2. The van der Waals surface area contributed by atoms with Gasteiger partial charge < -0.3 is 5.32 Å². The summed E-state index contributed by atoms with van der Waals surface area (Å²) in [5.74, 6) is -0.424. The topological polar surface area (TPSA) is 67.2 Å². The van der Waals surface area contributed by atoms with Crippen LogP contribution in [0.5, 0.6) is 0 Å². The predicted octanol–water partition coefficient (Wildman–Crippen LogP) is 4.53. The molecule has 172 valence electrons. The van der Waals surface area contributed by atoms with Crippen LogP contribution in [-0.2, 0) is 23.3 Å². The van der Waals surface area contributed by atoms with Gasteiger partial charge in [-0.2, -0.15) is 5.10 Å². The van der Waals surface area contributed by atoms with Gasteiger partial charge in [0.15, 0.2) is 0 Å². The van der Waals surface area contributed by atoms with Crippen LogP contribution in [0.1, 0.15) is 60.6 Å². The third-order valence-corrected chi connectivity index (χ3v) is 6.30. The molecule has 33 heavy (non-hydrogen) atoms. The Morgan fingerprint density at radius 3 is 2.42 bits per heavy atom. The van der Waals surface area contributed by atoms with Crippen molar-refractivity contribution in [2.75, 3.05) is 4.90 Å². The first-order valence-electron chi connectivity index (χ1n) is 11.3. The number of benzene rings is 2. The largest absolute Gasteiger partial charge is 0.350 e. The third-order valence-electron chi connectivity index (χ3n) is 6.30. The smallest absolute Gasteiger partial charge is 0.277 e. The van der Waals surface area contributed by atoms with Crippen molar-refractivity contribution in [3.63, 3.8) is 0 Å². The Labute approximate surface area is 195 Å². The average molecular weight is 445 g/mol. The van der Waals surface area contributed by atoms with Crippen LogP contribution in [0.2, 0.25) is 0 Å². The molecule has 6 nitrogen and oxygen atoms in total. The van der Waals surface area contributed by atoms with Gasteiger partial charge in [0.25, 0.3) is 5.91 Å². The molecule has 0 aliphatic carbocycles. The zero-order valence-corrected chi connectivity index (χ0v) is 20.3. The van der Waals surface area contributed by atoms with Crippen molar-refractivity contribution in [1.29, 1.82) is 0 Å². The van der Waals surface area contributed by atoms with E-state index in [1.54, 1.807) is 9.58 Å². The number of fused-ring (bicyclic) bond motifs is 1. The highest BCUT2D eigenvalue weighted by molar-refractivity contribution is 6.12. The van der Waals surface area contributed by atoms with Crippen molar-refractivity contribution in [3.05, 3.63) is 82.7 Å². The lowest BCUT2D eigenvalue weighted by atomic mass is 9.91. The second-order valence-corrected chi connectivity index (χ2v) is 10.2. The molecule has 0 saturated heterocycles. The van der Waals surface area contributed by atoms with E-state index in [9.17, 15) is 9.59 Å². The Balaban J connectivity index is 1.78. The maximum absolute atomic E-state index is 13.9. The zero-order chi connectivity index (χ0) is 24.0. The average Bonchev–Trinajstić information content (AvgIpc) is 3.19. The van der Waals surface area contributed by atoms with Gasteiger partial charge in [0.1, 0.15) is 11.2 Å². The minimum atomic E-state index is -1.14. The molecule has 1 atom stereocenters. The van der Waals surface area contributed by atoms with Crippen molar-refractivity contribution < 1.29 is 9.59 Å². The molecule has 0 saturated carbocycles. The first-order chi connectivity index (χ1) is 15.5. The molecular weight excluding hydrogens is 412 g/mol. The summed E-state index contributed by atoms with van der Waals surface area (Å²) in [4.78, 5) is 29.2. The lowest BCUT2D eigenvalue weighted by molar-refractivity contribution is -0.126. The molecule has 0 fully saturated rings. The highest BCUT2D eigenvalue weighted by Crippen LogP contribution is 2.36. The van der Waals surface area contributed by atoms with E-state index in [4.69, 9.17) is 5.10 Å². The van der Waals surface area contributed by atoms with Crippen molar-refractivity contribution in [2.45, 2.75) is 65.6 Å². The van der Waals surface area contributed by atoms with Crippen molar-refractivity contribution in [2.24, 2.45) is 0 Å². The molecule has 6 heteroatoms. The van der Waals surface area contributed by atoms with E-state index in [1.165, 1.54) is 0 Å². The second kappa shape index (κ2) is 8.18. The first kappa shape index (κ1) is 22.8. The number of amides is 2. The van der Waals surface area contributed by atoms with Gasteiger partial charge >= 0.3 is 0 Å². The summed E-state index contributed by atoms with van der Waals surface area (Å²) in [6, 6.07) is 17.6. The zero-order valence-electron chi connectivity index (χ0n) is 20.3. The van der Waals surface area contributed by atoms with Crippen LogP contribution in [0.3, 0.4) is 0 Å². The number of rotatable bonds is 4. The highest BCUT2D eigenvalue weighted by atomic mass is 16.2. The summed E-state index contributed by atoms with van der Waals surface area (Å²) in [6.07, 6.45) is 0. The Hall–Kier alpha value is -3.41. The summed E-state index contributed by atoms with van der Waals surface area (Å²) in [6.45, 7) is 12.7. The quantitative estimate of drug-likeness (QED) is 0.643. The Morgan fingerprint density at radius 2 is 1.79 bits per heavy atom. The fourth-order valence-corrected chi connectivity index (χ4v) is 4.35. The standard InChI is InChI=1S/C27H32N4O2/c1-18-12-13-21(19(2)14-18)31-24(32)22-15-23(26(3,4)5)29-30(22)17-27(31,6)25(33)28-16-20-10-8-7-9-11-20/h7-15H,16-17H2,1-6H3,(H,28,33)/t27-/m1/s1. The number of carbonyl (C=O) groups is 2. The van der Waals surface area contributed by atoms with Gasteiger partial charge in [0, 0.05) is 17.6 Å². The van der Waals surface area contributed by atoms with Crippen LogP contribution in [0.15, 0.2) is 54.6 Å². The minimum Gasteiger partial charge on any atom is -0.350 e. The fourth-order valence-electron chi connectivity index (χ4n) is 4.35. The number of hydrogen-bond donors (Lipinski definition) is 1. The summed E-state index contributed by atoms with van der Waals surface area (Å²) in [7, 11) is 0. The Morgan fingerprint density at radius 1 is 1.09 bits per heavy atom. The van der Waals surface area contributed by atoms with Crippen molar-refractivity contribution in [1.82, 2.24) is 15.1 Å². The van der Waals surface area contributed by atoms with E-state index >= 15 is 0 Å². The third kappa shape index (κ3) is 4.17. The van der Waals surface area contributed by atoms with Gasteiger partial charge in [-0.15, -0.1) is 0 Å². The highest BCUT2D eigenvalue weighted by Gasteiger charge is 2.49. The van der Waals surface area contributed by atoms with E-state index in [0.29, 0.717) is 12.2 Å². The monoisotopic (exact) mass is 444 g/mol. The van der Waals surface area contributed by atoms with E-state index in [0.717, 1.165) is 28.1 Å². The molecule has 3 aromatic rings. The summed E-state index contributed by atoms with van der Waals surface area (Å²) < 4.78 is 1.70. The SMILES string of the molecule is Cc1ccc(N2C(=O)c3cc(C(C)(C)C)nn3C[C@]2(C)C(=O)NCc2ccccc2)c(C)c1. The minimum absolute atomic E-state index is 0.207. The van der Waals surface area contributed by atoms with Crippen LogP contribution < -0.4 is 10.2 Å². The molecule has 0 spiro atoms. The maximum atomic E-state index is 13.9. The summed E-state index contributed by atoms with van der Waals surface area (Å²) >= 11 is 0. The lowest BCUT2D eigenvalue weighted by Gasteiger charge is -2.43. The van der Waals surface area contributed by atoms with Crippen LogP contribution in [0.4, 0.5) is 5.69 Å². The first-order valence-corrected chi connectivity index (χ1v) is 11.3. The molecule has 4 rings (SSSR count). The van der Waals surface area contributed by atoms with E-state index in [-0.39, 0.29) is 23.8 Å². The lowest BCUT2D eigenvalue weighted by Crippen LogP contribution is -2.64. The summed E-state index contributed by atoms with van der Waals surface area (Å²) in [5.41, 5.74) is 3.80. The number of hydrogen-bond acceptors (Lipinski definition) is 3. The van der Waals surface area contributed by atoms with Gasteiger partial charge in [-0.25, -0.2) is 0 Å². The Kier molecular flexibility index (Phi) is 5.64. The number of anilines is 1. The molecule has 2 aromatic carbocycles. The molecule has 1 aliphatic rings. The maximum Gasteiger partial charge on any atom is 0.277 e. The van der Waals surface area contributed by atoms with Crippen LogP contribution in [0, 0.1) is 13.8 Å². The Bertz CT molecular complexity index is 1210.